The maximum absolute atomic E-state index is 12.0. The Balaban J connectivity index is 1.21. The largest absolute Gasteiger partial charge is 0.446 e. The van der Waals surface area contributed by atoms with Crippen molar-refractivity contribution in [2.75, 3.05) is 44.2 Å². The number of amides is 2. The fourth-order valence-electron chi connectivity index (χ4n) is 3.90. The van der Waals surface area contributed by atoms with Gasteiger partial charge in [-0.3, -0.25) is 4.90 Å². The normalized spacial score (nSPS) is 21.3. The highest BCUT2D eigenvalue weighted by Crippen LogP contribution is 2.17. The first-order valence-electron chi connectivity index (χ1n) is 10.6. The monoisotopic (exact) mass is 424 g/mol. The Kier molecular flexibility index (Phi) is 6.89. The van der Waals surface area contributed by atoms with Gasteiger partial charge in [-0.15, -0.1) is 0 Å². The molecule has 31 heavy (non-hydrogen) atoms. The van der Waals surface area contributed by atoms with E-state index in [1.54, 1.807) is 0 Å². The Morgan fingerprint density at radius 3 is 2.42 bits per heavy atom. The minimum atomic E-state index is -0.526. The van der Waals surface area contributed by atoms with Crippen molar-refractivity contribution in [3.05, 3.63) is 66.2 Å². The lowest BCUT2D eigenvalue weighted by molar-refractivity contribution is 0.0566. The molecule has 0 bridgehead atoms. The Morgan fingerprint density at radius 1 is 1.03 bits per heavy atom. The van der Waals surface area contributed by atoms with E-state index >= 15 is 0 Å². The standard InChI is InChI=1S/C23H28N4O4/c28-22(24-15-18-7-3-1-4-8-18)30-17-21-20(25-23(29)31-21)16-26-11-13-27(14-12-26)19-9-5-2-6-10-19/h1-10,20-21H,11-17H2,(H,24,28)(H,25,29)/t20-,21-/m1/s1. The van der Waals surface area contributed by atoms with Crippen LogP contribution in [0, 0.1) is 0 Å². The summed E-state index contributed by atoms with van der Waals surface area (Å²) in [6, 6.07) is 19.8. The molecule has 0 aliphatic carbocycles. The molecular formula is C23H28N4O4. The Bertz CT molecular complexity index is 856. The molecule has 2 fully saturated rings. The van der Waals surface area contributed by atoms with E-state index in [1.807, 2.05) is 48.5 Å². The van der Waals surface area contributed by atoms with Gasteiger partial charge in [0.2, 0.25) is 0 Å². The van der Waals surface area contributed by atoms with Crippen molar-refractivity contribution in [2.24, 2.45) is 0 Å². The Hall–Kier alpha value is -3.26. The second-order valence-electron chi connectivity index (χ2n) is 7.76. The summed E-state index contributed by atoms with van der Waals surface area (Å²) in [5.74, 6) is 0. The molecule has 2 amide bonds. The number of carbonyl (C=O) groups excluding carboxylic acids is 2. The van der Waals surface area contributed by atoms with Crippen LogP contribution in [0.3, 0.4) is 0 Å². The summed E-state index contributed by atoms with van der Waals surface area (Å²) in [5.41, 5.74) is 2.22. The van der Waals surface area contributed by atoms with Crippen molar-refractivity contribution in [3.8, 4) is 0 Å². The number of nitrogens with one attached hydrogen (secondary N) is 2. The highest BCUT2D eigenvalue weighted by Gasteiger charge is 2.36. The van der Waals surface area contributed by atoms with Crippen LogP contribution in [0.2, 0.25) is 0 Å². The number of rotatable bonds is 7. The van der Waals surface area contributed by atoms with Gasteiger partial charge in [-0.2, -0.15) is 0 Å². The summed E-state index contributed by atoms with van der Waals surface area (Å²) < 4.78 is 10.6. The van der Waals surface area contributed by atoms with Crippen molar-refractivity contribution < 1.29 is 19.1 Å². The number of piperazine rings is 1. The second-order valence-corrected chi connectivity index (χ2v) is 7.76. The minimum absolute atomic E-state index is 0.0218. The summed E-state index contributed by atoms with van der Waals surface area (Å²) >= 11 is 0. The van der Waals surface area contributed by atoms with Gasteiger partial charge in [0, 0.05) is 45.0 Å². The van der Waals surface area contributed by atoms with Crippen LogP contribution in [0.5, 0.6) is 0 Å². The smallest absolute Gasteiger partial charge is 0.408 e. The van der Waals surface area contributed by atoms with E-state index in [1.165, 1.54) is 5.69 Å². The van der Waals surface area contributed by atoms with Crippen LogP contribution in [0.25, 0.3) is 0 Å². The molecule has 2 aromatic rings. The molecule has 164 valence electrons. The molecule has 0 spiro atoms. The topological polar surface area (TPSA) is 83.1 Å². The van der Waals surface area contributed by atoms with Gasteiger partial charge in [-0.05, 0) is 17.7 Å². The molecule has 0 saturated carbocycles. The molecule has 8 nitrogen and oxygen atoms in total. The van der Waals surface area contributed by atoms with Gasteiger partial charge in [-0.1, -0.05) is 48.5 Å². The van der Waals surface area contributed by atoms with Crippen LogP contribution in [0.15, 0.2) is 60.7 Å². The molecule has 2 saturated heterocycles. The van der Waals surface area contributed by atoms with Gasteiger partial charge in [0.25, 0.3) is 0 Å². The molecule has 2 aliphatic heterocycles. The Labute approximate surface area is 182 Å². The fourth-order valence-corrected chi connectivity index (χ4v) is 3.90. The van der Waals surface area contributed by atoms with Gasteiger partial charge < -0.3 is 25.0 Å². The summed E-state index contributed by atoms with van der Waals surface area (Å²) in [4.78, 5) is 28.5. The highest BCUT2D eigenvalue weighted by atomic mass is 16.6. The first-order valence-corrected chi connectivity index (χ1v) is 10.6. The molecule has 2 aliphatic rings. The third-order valence-corrected chi connectivity index (χ3v) is 5.62. The van der Waals surface area contributed by atoms with Crippen molar-refractivity contribution in [1.82, 2.24) is 15.5 Å². The molecule has 8 heteroatoms. The number of nitrogens with zero attached hydrogens (tertiary/aromatic N) is 2. The average molecular weight is 425 g/mol. The number of benzene rings is 2. The molecule has 0 radical (unpaired) electrons. The lowest BCUT2D eigenvalue weighted by atomic mass is 10.1. The van der Waals surface area contributed by atoms with Crippen molar-refractivity contribution >= 4 is 17.9 Å². The lowest BCUT2D eigenvalue weighted by Gasteiger charge is -2.37. The van der Waals surface area contributed by atoms with Crippen molar-refractivity contribution in [1.29, 1.82) is 0 Å². The zero-order valence-electron chi connectivity index (χ0n) is 17.4. The van der Waals surface area contributed by atoms with E-state index in [0.717, 1.165) is 31.7 Å². The SMILES string of the molecule is O=C(NCc1ccccc1)OC[C@H]1OC(=O)N[C@@H]1CN1CCN(c2ccccc2)CC1. The van der Waals surface area contributed by atoms with Crippen molar-refractivity contribution in [3.63, 3.8) is 0 Å². The zero-order chi connectivity index (χ0) is 21.5. The van der Waals surface area contributed by atoms with Gasteiger partial charge >= 0.3 is 12.2 Å². The van der Waals surface area contributed by atoms with Crippen LogP contribution in [0.4, 0.5) is 15.3 Å². The summed E-state index contributed by atoms with van der Waals surface area (Å²) in [5, 5.41) is 5.56. The van der Waals surface area contributed by atoms with E-state index in [-0.39, 0.29) is 12.6 Å². The average Bonchev–Trinajstić information content (AvgIpc) is 3.17. The first-order chi connectivity index (χ1) is 15.2. The van der Waals surface area contributed by atoms with E-state index in [4.69, 9.17) is 9.47 Å². The van der Waals surface area contributed by atoms with E-state index in [0.29, 0.717) is 13.1 Å². The summed E-state index contributed by atoms with van der Waals surface area (Å²) in [6.45, 7) is 4.71. The zero-order valence-corrected chi connectivity index (χ0v) is 17.4. The molecule has 2 heterocycles. The van der Waals surface area contributed by atoms with Crippen LogP contribution >= 0.6 is 0 Å². The van der Waals surface area contributed by atoms with Crippen LogP contribution in [0.1, 0.15) is 5.56 Å². The van der Waals surface area contributed by atoms with Gasteiger partial charge in [0.15, 0.2) is 6.10 Å². The number of hydrogen-bond acceptors (Lipinski definition) is 6. The van der Waals surface area contributed by atoms with Crippen molar-refractivity contribution in [2.45, 2.75) is 18.7 Å². The number of para-hydroxylation sites is 1. The highest BCUT2D eigenvalue weighted by molar-refractivity contribution is 5.70. The van der Waals surface area contributed by atoms with E-state index in [9.17, 15) is 9.59 Å². The number of cyclic esters (lactones) is 1. The van der Waals surface area contributed by atoms with Gasteiger partial charge in [-0.25, -0.2) is 9.59 Å². The van der Waals surface area contributed by atoms with Gasteiger partial charge in [0.05, 0.1) is 6.04 Å². The molecule has 2 atom stereocenters. The third kappa shape index (κ3) is 5.88. The molecule has 0 unspecified atom stereocenters. The molecule has 0 aromatic heterocycles. The molecule has 2 aromatic carbocycles. The summed E-state index contributed by atoms with van der Waals surface area (Å²) in [6.07, 6.45) is -1.49. The second kappa shape index (κ2) is 10.2. The first kappa shape index (κ1) is 21.0. The predicted molar refractivity (Wildman–Crippen MR) is 117 cm³/mol. The molecule has 4 rings (SSSR count). The maximum atomic E-state index is 12.0. The minimum Gasteiger partial charge on any atom is -0.446 e. The Morgan fingerprint density at radius 2 is 1.71 bits per heavy atom. The number of alkyl carbamates (subject to hydrolysis) is 2. The fraction of sp³-hybridized carbons (Fsp3) is 0.391. The third-order valence-electron chi connectivity index (χ3n) is 5.62. The number of carbonyl (C=O) groups is 2. The number of hydrogen-bond donors (Lipinski definition) is 2. The predicted octanol–water partition coefficient (Wildman–Crippen LogP) is 2.21. The maximum Gasteiger partial charge on any atom is 0.408 e. The van der Waals surface area contributed by atoms with E-state index < -0.39 is 18.3 Å². The quantitative estimate of drug-likeness (QED) is 0.709. The molecular weight excluding hydrogens is 396 g/mol. The van der Waals surface area contributed by atoms with Crippen LogP contribution in [-0.2, 0) is 16.0 Å². The lowest BCUT2D eigenvalue weighted by Crippen LogP contribution is -2.52. The summed E-state index contributed by atoms with van der Waals surface area (Å²) in [7, 11) is 0. The van der Waals surface area contributed by atoms with Gasteiger partial charge in [0.1, 0.15) is 6.61 Å². The molecule has 2 N–H and O–H groups in total. The van der Waals surface area contributed by atoms with Crippen LogP contribution < -0.4 is 15.5 Å². The van der Waals surface area contributed by atoms with E-state index in [2.05, 4.69) is 32.6 Å². The number of anilines is 1. The van der Waals surface area contributed by atoms with Crippen LogP contribution in [-0.4, -0.2) is 68.6 Å². The number of ether oxygens (including phenoxy) is 2.